The molecule has 0 aliphatic rings. The molecule has 1 unspecified atom stereocenters. The molecule has 0 radical (unpaired) electrons. The summed E-state index contributed by atoms with van der Waals surface area (Å²) in [7, 11) is 0. The van der Waals surface area contributed by atoms with E-state index in [1.807, 2.05) is 30.8 Å². The van der Waals surface area contributed by atoms with Gasteiger partial charge in [-0.3, -0.25) is 4.79 Å². The molecular formula is C13H20N2OS. The number of primary amides is 1. The van der Waals surface area contributed by atoms with Crippen molar-refractivity contribution in [1.82, 2.24) is 0 Å². The molecule has 0 aromatic heterocycles. The van der Waals surface area contributed by atoms with Crippen LogP contribution in [0.1, 0.15) is 25.8 Å². The number of hydrogen-bond donors (Lipinski definition) is 2. The lowest BCUT2D eigenvalue weighted by Gasteiger charge is -2.15. The molecule has 0 saturated heterocycles. The van der Waals surface area contributed by atoms with Crippen LogP contribution in [0.5, 0.6) is 0 Å². The first-order chi connectivity index (χ1) is 8.17. The van der Waals surface area contributed by atoms with E-state index in [4.69, 9.17) is 5.73 Å². The van der Waals surface area contributed by atoms with Crippen molar-refractivity contribution in [2.75, 3.05) is 11.1 Å². The Hall–Kier alpha value is -1.16. The Morgan fingerprint density at radius 3 is 2.82 bits per heavy atom. The average molecular weight is 252 g/mol. The second kappa shape index (κ2) is 7.22. The van der Waals surface area contributed by atoms with E-state index in [0.717, 1.165) is 17.2 Å². The molecule has 1 aromatic carbocycles. The van der Waals surface area contributed by atoms with E-state index in [9.17, 15) is 4.79 Å². The van der Waals surface area contributed by atoms with Crippen molar-refractivity contribution < 1.29 is 4.79 Å². The number of carbonyl (C=O) groups excluding carboxylic acids is 1. The molecule has 0 bridgehead atoms. The van der Waals surface area contributed by atoms with Crippen LogP contribution in [0.3, 0.4) is 0 Å². The molecule has 0 spiro atoms. The number of benzene rings is 1. The molecule has 17 heavy (non-hydrogen) atoms. The highest BCUT2D eigenvalue weighted by Gasteiger charge is 2.11. The Labute approximate surface area is 107 Å². The monoisotopic (exact) mass is 252 g/mol. The maximum absolute atomic E-state index is 11.1. The lowest BCUT2D eigenvalue weighted by Crippen LogP contribution is -2.34. The van der Waals surface area contributed by atoms with E-state index in [1.54, 1.807) is 0 Å². The molecule has 0 fully saturated rings. The van der Waals surface area contributed by atoms with Crippen LogP contribution in [0, 0.1) is 0 Å². The van der Waals surface area contributed by atoms with Gasteiger partial charge in [0.15, 0.2) is 0 Å². The minimum Gasteiger partial charge on any atom is -0.374 e. The second-order valence-corrected chi connectivity index (χ2v) is 5.12. The van der Waals surface area contributed by atoms with Gasteiger partial charge in [0, 0.05) is 11.4 Å². The van der Waals surface area contributed by atoms with Crippen LogP contribution in [-0.4, -0.2) is 17.7 Å². The van der Waals surface area contributed by atoms with Crippen molar-refractivity contribution in [2.24, 2.45) is 5.73 Å². The SMILES string of the molecule is CCSCc1cccc(NC(CC)C(N)=O)c1. The van der Waals surface area contributed by atoms with Crippen LogP contribution >= 0.6 is 11.8 Å². The zero-order valence-electron chi connectivity index (χ0n) is 10.4. The Morgan fingerprint density at radius 2 is 2.24 bits per heavy atom. The highest BCUT2D eigenvalue weighted by molar-refractivity contribution is 7.98. The van der Waals surface area contributed by atoms with Gasteiger partial charge in [-0.15, -0.1) is 0 Å². The van der Waals surface area contributed by atoms with Gasteiger partial charge >= 0.3 is 0 Å². The van der Waals surface area contributed by atoms with E-state index in [0.29, 0.717) is 6.42 Å². The van der Waals surface area contributed by atoms with E-state index < -0.39 is 0 Å². The zero-order valence-corrected chi connectivity index (χ0v) is 11.2. The van der Waals surface area contributed by atoms with E-state index in [-0.39, 0.29) is 11.9 Å². The lowest BCUT2D eigenvalue weighted by atomic mass is 10.1. The third-order valence-corrected chi connectivity index (χ3v) is 3.44. The summed E-state index contributed by atoms with van der Waals surface area (Å²) in [6.45, 7) is 4.09. The summed E-state index contributed by atoms with van der Waals surface area (Å²) in [4.78, 5) is 11.1. The van der Waals surface area contributed by atoms with Gasteiger partial charge in [-0.25, -0.2) is 0 Å². The number of anilines is 1. The molecule has 1 rings (SSSR count). The highest BCUT2D eigenvalue weighted by atomic mass is 32.2. The summed E-state index contributed by atoms with van der Waals surface area (Å²) >= 11 is 1.88. The summed E-state index contributed by atoms with van der Waals surface area (Å²) < 4.78 is 0. The predicted molar refractivity (Wildman–Crippen MR) is 75.2 cm³/mol. The summed E-state index contributed by atoms with van der Waals surface area (Å²) in [5.74, 6) is 1.80. The van der Waals surface area contributed by atoms with Gasteiger partial charge in [0.05, 0.1) is 0 Å². The molecule has 3 N–H and O–H groups in total. The molecule has 94 valence electrons. The first-order valence-corrected chi connectivity index (χ1v) is 7.05. The van der Waals surface area contributed by atoms with Gasteiger partial charge in [0.2, 0.25) is 5.91 Å². The van der Waals surface area contributed by atoms with Crippen LogP contribution in [0.2, 0.25) is 0 Å². The van der Waals surface area contributed by atoms with Gasteiger partial charge in [-0.05, 0) is 29.9 Å². The number of rotatable bonds is 7. The highest BCUT2D eigenvalue weighted by Crippen LogP contribution is 2.17. The Balaban J connectivity index is 2.67. The fraction of sp³-hybridized carbons (Fsp3) is 0.462. The fourth-order valence-corrected chi connectivity index (χ4v) is 2.17. The average Bonchev–Trinajstić information content (AvgIpc) is 2.33. The normalized spacial score (nSPS) is 12.1. The summed E-state index contributed by atoms with van der Waals surface area (Å²) in [5, 5.41) is 3.16. The number of nitrogens with two attached hydrogens (primary N) is 1. The van der Waals surface area contributed by atoms with E-state index >= 15 is 0 Å². The first kappa shape index (κ1) is 13.9. The molecule has 4 heteroatoms. The summed E-state index contributed by atoms with van der Waals surface area (Å²) in [6.07, 6.45) is 0.698. The van der Waals surface area contributed by atoms with Crippen molar-refractivity contribution in [3.8, 4) is 0 Å². The van der Waals surface area contributed by atoms with Crippen LogP contribution in [0.15, 0.2) is 24.3 Å². The first-order valence-electron chi connectivity index (χ1n) is 5.89. The van der Waals surface area contributed by atoms with Crippen LogP contribution < -0.4 is 11.1 Å². The van der Waals surface area contributed by atoms with Crippen molar-refractivity contribution in [3.63, 3.8) is 0 Å². The molecule has 0 heterocycles. The second-order valence-electron chi connectivity index (χ2n) is 3.85. The standard InChI is InChI=1S/C13H20N2OS/c1-3-12(13(14)16)15-11-7-5-6-10(8-11)9-17-4-2/h5-8,12,15H,3-4,9H2,1-2H3,(H2,14,16). The maximum Gasteiger partial charge on any atom is 0.239 e. The Morgan fingerprint density at radius 1 is 1.47 bits per heavy atom. The lowest BCUT2D eigenvalue weighted by molar-refractivity contribution is -0.118. The minimum absolute atomic E-state index is 0.288. The number of thioether (sulfide) groups is 1. The molecule has 3 nitrogen and oxygen atoms in total. The van der Waals surface area contributed by atoms with E-state index in [2.05, 4.69) is 24.4 Å². The minimum atomic E-state index is -0.305. The fourth-order valence-electron chi connectivity index (χ4n) is 1.55. The molecule has 0 saturated carbocycles. The predicted octanol–water partition coefficient (Wildman–Crippen LogP) is 2.62. The zero-order chi connectivity index (χ0) is 12.7. The quantitative estimate of drug-likeness (QED) is 0.784. The smallest absolute Gasteiger partial charge is 0.239 e. The van der Waals surface area contributed by atoms with Gasteiger partial charge in [-0.2, -0.15) is 11.8 Å². The molecule has 1 aromatic rings. The Bertz CT molecular complexity index is 368. The van der Waals surface area contributed by atoms with Gasteiger partial charge < -0.3 is 11.1 Å². The topological polar surface area (TPSA) is 55.1 Å². The molecule has 0 aliphatic carbocycles. The van der Waals surface area contributed by atoms with Crippen LogP contribution in [0.4, 0.5) is 5.69 Å². The third-order valence-electron chi connectivity index (χ3n) is 2.49. The Kier molecular flexibility index (Phi) is 5.91. The largest absolute Gasteiger partial charge is 0.374 e. The van der Waals surface area contributed by atoms with Gasteiger partial charge in [0.1, 0.15) is 6.04 Å². The number of carbonyl (C=O) groups is 1. The summed E-state index contributed by atoms with van der Waals surface area (Å²) in [5.41, 5.74) is 7.54. The number of hydrogen-bond acceptors (Lipinski definition) is 3. The third kappa shape index (κ3) is 4.69. The van der Waals surface area contributed by atoms with Crippen LogP contribution in [-0.2, 0) is 10.5 Å². The van der Waals surface area contributed by atoms with Gasteiger partial charge in [-0.1, -0.05) is 26.0 Å². The van der Waals surface area contributed by atoms with Gasteiger partial charge in [0.25, 0.3) is 0 Å². The molecule has 1 amide bonds. The maximum atomic E-state index is 11.1. The van der Waals surface area contributed by atoms with Crippen molar-refractivity contribution in [3.05, 3.63) is 29.8 Å². The summed E-state index contributed by atoms with van der Waals surface area (Å²) in [6, 6.07) is 7.85. The molecular weight excluding hydrogens is 232 g/mol. The van der Waals surface area contributed by atoms with Crippen LogP contribution in [0.25, 0.3) is 0 Å². The van der Waals surface area contributed by atoms with Crippen molar-refractivity contribution in [2.45, 2.75) is 32.1 Å². The van der Waals surface area contributed by atoms with E-state index in [1.165, 1.54) is 5.56 Å². The number of amides is 1. The molecule has 1 atom stereocenters. The van der Waals surface area contributed by atoms with Crippen molar-refractivity contribution in [1.29, 1.82) is 0 Å². The van der Waals surface area contributed by atoms with Crippen molar-refractivity contribution >= 4 is 23.4 Å². The molecule has 0 aliphatic heterocycles. The number of nitrogens with one attached hydrogen (secondary N) is 1.